The lowest BCUT2D eigenvalue weighted by Gasteiger charge is -2.38. The lowest BCUT2D eigenvalue weighted by Crippen LogP contribution is -2.51. The van der Waals surface area contributed by atoms with E-state index in [4.69, 9.17) is 14.2 Å². The van der Waals surface area contributed by atoms with Crippen molar-refractivity contribution in [2.45, 2.75) is 135 Å². The molecule has 0 aromatic heterocycles. The zero-order chi connectivity index (χ0) is 23.6. The van der Waals surface area contributed by atoms with Crippen LogP contribution < -0.4 is 0 Å². The Balaban J connectivity index is 1.40. The van der Waals surface area contributed by atoms with Gasteiger partial charge in [-0.2, -0.15) is 0 Å². The normalized spacial score (nSPS) is 23.6. The molecule has 0 bridgehead atoms. The van der Waals surface area contributed by atoms with Crippen molar-refractivity contribution in [1.29, 1.82) is 0 Å². The van der Waals surface area contributed by atoms with E-state index in [1.165, 1.54) is 70.6 Å². The first-order valence-electron chi connectivity index (χ1n) is 13.8. The van der Waals surface area contributed by atoms with Crippen molar-refractivity contribution in [3.63, 3.8) is 0 Å². The molecular formula is C28H49NO4. The average Bonchev–Trinajstić information content (AvgIpc) is 2.84. The molecule has 0 saturated carbocycles. The Hall–Kier alpha value is -1.20. The number of carbonyl (C=O) groups excluding carboxylic acids is 1. The summed E-state index contributed by atoms with van der Waals surface area (Å²) in [5.41, 5.74) is 0.992. The van der Waals surface area contributed by atoms with E-state index in [1.54, 1.807) is 0 Å². The second-order valence-corrected chi connectivity index (χ2v) is 9.80. The summed E-state index contributed by atoms with van der Waals surface area (Å²) in [7, 11) is 0. The van der Waals surface area contributed by atoms with Gasteiger partial charge in [-0.15, -0.1) is 0 Å². The predicted molar refractivity (Wildman–Crippen MR) is 136 cm³/mol. The molecule has 2 rings (SSSR count). The molecule has 2 heterocycles. The summed E-state index contributed by atoms with van der Waals surface area (Å²) >= 11 is 0. The number of rotatable bonds is 17. The molecule has 5 nitrogen and oxygen atoms in total. The van der Waals surface area contributed by atoms with E-state index in [9.17, 15) is 4.79 Å². The Morgan fingerprint density at radius 1 is 0.939 bits per heavy atom. The van der Waals surface area contributed by atoms with Crippen LogP contribution in [0.15, 0.2) is 17.1 Å². The van der Waals surface area contributed by atoms with E-state index in [1.807, 2.05) is 6.92 Å². The first-order chi connectivity index (χ1) is 16.1. The van der Waals surface area contributed by atoms with Crippen molar-refractivity contribution in [2.24, 2.45) is 4.99 Å². The second kappa shape index (κ2) is 17.3. The van der Waals surface area contributed by atoms with Gasteiger partial charge in [-0.05, 0) is 58.3 Å². The first kappa shape index (κ1) is 28.0. The molecule has 0 spiro atoms. The van der Waals surface area contributed by atoms with Crippen molar-refractivity contribution < 1.29 is 19.0 Å². The van der Waals surface area contributed by atoms with Crippen molar-refractivity contribution in [2.75, 3.05) is 19.8 Å². The number of allylic oxidation sites excluding steroid dienone is 2. The van der Waals surface area contributed by atoms with Crippen LogP contribution >= 0.6 is 0 Å². The van der Waals surface area contributed by atoms with Crippen LogP contribution in [0.4, 0.5) is 0 Å². The number of nitrogens with zero attached hydrogens (tertiary/aromatic N) is 1. The maximum absolute atomic E-state index is 12.1. The topological polar surface area (TPSA) is 57.1 Å². The summed E-state index contributed by atoms with van der Waals surface area (Å²) in [4.78, 5) is 16.7. The number of hydrogen-bond donors (Lipinski definition) is 0. The standard InChI is InChI=1S/C28H49NO4/c1-3-4-5-6-7-8-9-10-11-12-13-14-15-16-17-21-27(30)33-25-23-31-28(2,32-24-25)26-20-18-19-22-29-26/h10-11,25H,3-9,12-24H2,1-2H3. The summed E-state index contributed by atoms with van der Waals surface area (Å²) in [6.07, 6.45) is 24.4. The van der Waals surface area contributed by atoms with Crippen LogP contribution in [0, 0.1) is 0 Å². The van der Waals surface area contributed by atoms with Crippen LogP contribution in [0.5, 0.6) is 0 Å². The highest BCUT2D eigenvalue weighted by Gasteiger charge is 2.39. The molecular weight excluding hydrogens is 414 g/mol. The average molecular weight is 464 g/mol. The zero-order valence-corrected chi connectivity index (χ0v) is 21.5. The number of aliphatic imine (C=N–C) groups is 1. The van der Waals surface area contributed by atoms with Gasteiger partial charge in [0.1, 0.15) is 6.10 Å². The molecule has 190 valence electrons. The summed E-state index contributed by atoms with van der Waals surface area (Å²) in [6, 6.07) is 0. The molecule has 0 aromatic rings. The summed E-state index contributed by atoms with van der Waals surface area (Å²) < 4.78 is 17.4. The fraction of sp³-hybridized carbons (Fsp3) is 0.857. The molecule has 33 heavy (non-hydrogen) atoms. The van der Waals surface area contributed by atoms with E-state index in [-0.39, 0.29) is 12.1 Å². The van der Waals surface area contributed by atoms with E-state index in [0.717, 1.165) is 44.4 Å². The first-order valence-corrected chi connectivity index (χ1v) is 13.8. The van der Waals surface area contributed by atoms with Gasteiger partial charge in [0, 0.05) is 13.0 Å². The largest absolute Gasteiger partial charge is 0.457 e. The predicted octanol–water partition coefficient (Wildman–Crippen LogP) is 7.32. The number of unbranched alkanes of at least 4 members (excludes halogenated alkanes) is 11. The minimum absolute atomic E-state index is 0.136. The molecule has 0 unspecified atom stereocenters. The highest BCUT2D eigenvalue weighted by atomic mass is 16.7. The molecule has 0 radical (unpaired) electrons. The monoisotopic (exact) mass is 463 g/mol. The minimum Gasteiger partial charge on any atom is -0.457 e. The van der Waals surface area contributed by atoms with Gasteiger partial charge in [-0.3, -0.25) is 9.79 Å². The van der Waals surface area contributed by atoms with Crippen LogP contribution in [0.2, 0.25) is 0 Å². The Morgan fingerprint density at radius 2 is 1.55 bits per heavy atom. The lowest BCUT2D eigenvalue weighted by molar-refractivity contribution is -0.250. The van der Waals surface area contributed by atoms with E-state index >= 15 is 0 Å². The van der Waals surface area contributed by atoms with Crippen LogP contribution in [-0.2, 0) is 19.0 Å². The zero-order valence-electron chi connectivity index (χ0n) is 21.5. The smallest absolute Gasteiger partial charge is 0.306 e. The van der Waals surface area contributed by atoms with Gasteiger partial charge < -0.3 is 14.2 Å². The molecule has 5 heteroatoms. The Kier molecular flexibility index (Phi) is 14.7. The summed E-state index contributed by atoms with van der Waals surface area (Å²) in [6.45, 7) is 5.82. The van der Waals surface area contributed by atoms with Gasteiger partial charge in [-0.25, -0.2) is 0 Å². The molecule has 1 saturated heterocycles. The molecule has 0 amide bonds. The fourth-order valence-corrected chi connectivity index (χ4v) is 4.48. The molecule has 1 fully saturated rings. The maximum atomic E-state index is 12.1. The SMILES string of the molecule is CCCCCCCCC=CCCCCCCCC(=O)OC1COC(C)(C2=NCCCC2)OC1. The molecule has 0 atom stereocenters. The van der Waals surface area contributed by atoms with Crippen molar-refractivity contribution in [3.05, 3.63) is 12.2 Å². The van der Waals surface area contributed by atoms with Gasteiger partial charge in [0.2, 0.25) is 5.79 Å². The van der Waals surface area contributed by atoms with Crippen LogP contribution in [0.25, 0.3) is 0 Å². The maximum Gasteiger partial charge on any atom is 0.306 e. The van der Waals surface area contributed by atoms with Gasteiger partial charge in [0.05, 0.1) is 18.9 Å². The third kappa shape index (κ3) is 12.2. The number of carbonyl (C=O) groups is 1. The van der Waals surface area contributed by atoms with Gasteiger partial charge in [0.25, 0.3) is 0 Å². The Bertz CT molecular complexity index is 578. The van der Waals surface area contributed by atoms with E-state index < -0.39 is 5.79 Å². The fourth-order valence-electron chi connectivity index (χ4n) is 4.48. The third-order valence-electron chi connectivity index (χ3n) is 6.68. The van der Waals surface area contributed by atoms with Crippen molar-refractivity contribution in [3.8, 4) is 0 Å². The highest BCUT2D eigenvalue weighted by Crippen LogP contribution is 2.26. The van der Waals surface area contributed by atoms with Crippen molar-refractivity contribution >= 4 is 11.7 Å². The summed E-state index contributed by atoms with van der Waals surface area (Å²) in [5.74, 6) is -0.879. The van der Waals surface area contributed by atoms with Gasteiger partial charge in [0.15, 0.2) is 0 Å². The number of hydrogen-bond acceptors (Lipinski definition) is 5. The van der Waals surface area contributed by atoms with Crippen LogP contribution in [0.3, 0.4) is 0 Å². The van der Waals surface area contributed by atoms with Crippen LogP contribution in [-0.4, -0.2) is 43.3 Å². The molecule has 0 N–H and O–H groups in total. The third-order valence-corrected chi connectivity index (χ3v) is 6.68. The minimum atomic E-state index is -0.743. The molecule has 0 aromatic carbocycles. The highest BCUT2D eigenvalue weighted by molar-refractivity contribution is 5.91. The van der Waals surface area contributed by atoms with Gasteiger partial charge in [-0.1, -0.05) is 70.4 Å². The van der Waals surface area contributed by atoms with Crippen molar-refractivity contribution in [1.82, 2.24) is 0 Å². The second-order valence-electron chi connectivity index (χ2n) is 9.80. The van der Waals surface area contributed by atoms with E-state index in [0.29, 0.717) is 19.6 Å². The Morgan fingerprint density at radius 3 is 2.15 bits per heavy atom. The van der Waals surface area contributed by atoms with E-state index in [2.05, 4.69) is 24.1 Å². The summed E-state index contributed by atoms with van der Waals surface area (Å²) in [5, 5.41) is 0. The number of esters is 1. The Labute approximate surface area is 202 Å². The molecule has 2 aliphatic rings. The quantitative estimate of drug-likeness (QED) is 0.129. The molecule has 2 aliphatic heterocycles. The van der Waals surface area contributed by atoms with Crippen LogP contribution in [0.1, 0.15) is 123 Å². The number of ether oxygens (including phenoxy) is 3. The lowest BCUT2D eigenvalue weighted by atomic mass is 10.0. The van der Waals surface area contributed by atoms with Gasteiger partial charge >= 0.3 is 5.97 Å². The molecule has 0 aliphatic carbocycles.